The van der Waals surface area contributed by atoms with Crippen molar-refractivity contribution >= 4 is 23.3 Å². The minimum absolute atomic E-state index is 0.128. The zero-order chi connectivity index (χ0) is 18.6. The monoisotopic (exact) mass is 369 g/mol. The largest absolute Gasteiger partial charge is 0.353 e. The van der Waals surface area contributed by atoms with Crippen LogP contribution in [-0.2, 0) is 0 Å². The fourth-order valence-electron chi connectivity index (χ4n) is 2.89. The Balaban J connectivity index is 1.44. The van der Waals surface area contributed by atoms with Crippen molar-refractivity contribution in [2.24, 2.45) is 0 Å². The first kappa shape index (κ1) is 17.1. The van der Waals surface area contributed by atoms with Gasteiger partial charge in [0.05, 0.1) is 11.9 Å². The van der Waals surface area contributed by atoms with Gasteiger partial charge in [0.1, 0.15) is 17.5 Å². The van der Waals surface area contributed by atoms with Gasteiger partial charge in [0.15, 0.2) is 5.82 Å². The Morgan fingerprint density at radius 1 is 0.963 bits per heavy atom. The lowest BCUT2D eigenvalue weighted by Gasteiger charge is -2.35. The summed E-state index contributed by atoms with van der Waals surface area (Å²) < 4.78 is 26.8. The molecule has 1 aliphatic heterocycles. The molecule has 3 heterocycles. The second-order valence-electron chi connectivity index (χ2n) is 6.05. The molecule has 0 aliphatic carbocycles. The zero-order valence-electron chi connectivity index (χ0n) is 14.4. The van der Waals surface area contributed by atoms with E-state index in [4.69, 9.17) is 0 Å². The van der Waals surface area contributed by atoms with Crippen molar-refractivity contribution in [2.45, 2.75) is 0 Å². The van der Waals surface area contributed by atoms with E-state index in [1.165, 1.54) is 18.3 Å². The Morgan fingerprint density at radius 2 is 1.78 bits per heavy atom. The van der Waals surface area contributed by atoms with Gasteiger partial charge in [0, 0.05) is 38.4 Å². The Hall–Kier alpha value is -3.36. The van der Waals surface area contributed by atoms with E-state index in [1.54, 1.807) is 6.20 Å². The maximum atomic E-state index is 13.8. The first-order chi connectivity index (χ1) is 13.2. The maximum Gasteiger partial charge on any atom is 0.247 e. The second kappa shape index (κ2) is 7.48. The molecule has 0 spiro atoms. The normalized spacial score (nSPS) is 14.3. The van der Waals surface area contributed by atoms with Crippen molar-refractivity contribution in [3.05, 3.63) is 60.4 Å². The number of hydrogen-bond donors (Lipinski definition) is 1. The number of rotatable bonds is 4. The number of nitrogens with one attached hydrogen (secondary N) is 1. The maximum absolute atomic E-state index is 13.8. The SMILES string of the molecule is Fc1ccc(Nc2cnnc(N3CCN(c4ccccn4)CC3)n2)c(F)c1. The first-order valence-electron chi connectivity index (χ1n) is 8.52. The number of nitrogens with zero attached hydrogens (tertiary/aromatic N) is 6. The molecule has 1 aliphatic rings. The van der Waals surface area contributed by atoms with Gasteiger partial charge in [0.2, 0.25) is 5.95 Å². The Morgan fingerprint density at radius 3 is 2.52 bits per heavy atom. The average molecular weight is 369 g/mol. The van der Waals surface area contributed by atoms with Crippen LogP contribution < -0.4 is 15.1 Å². The van der Waals surface area contributed by atoms with Crippen LogP contribution in [0, 0.1) is 11.6 Å². The third kappa shape index (κ3) is 3.91. The predicted molar refractivity (Wildman–Crippen MR) is 98.1 cm³/mol. The second-order valence-corrected chi connectivity index (χ2v) is 6.05. The Bertz CT molecular complexity index is 915. The van der Waals surface area contributed by atoms with E-state index in [9.17, 15) is 8.78 Å². The third-order valence-corrected chi connectivity index (χ3v) is 4.28. The minimum atomic E-state index is -0.695. The van der Waals surface area contributed by atoms with Crippen LogP contribution in [0.2, 0.25) is 0 Å². The quantitative estimate of drug-likeness (QED) is 0.758. The summed E-state index contributed by atoms with van der Waals surface area (Å²) in [6.45, 7) is 2.99. The molecule has 1 saturated heterocycles. The van der Waals surface area contributed by atoms with Gasteiger partial charge in [-0.15, -0.1) is 5.10 Å². The van der Waals surface area contributed by atoms with E-state index in [1.807, 2.05) is 23.1 Å². The lowest BCUT2D eigenvalue weighted by molar-refractivity contribution is 0.586. The van der Waals surface area contributed by atoms with Crippen molar-refractivity contribution < 1.29 is 8.78 Å². The summed E-state index contributed by atoms with van der Waals surface area (Å²) in [5.74, 6) is 0.420. The van der Waals surface area contributed by atoms with Gasteiger partial charge >= 0.3 is 0 Å². The molecule has 3 aromatic rings. The number of pyridine rings is 1. The van der Waals surface area contributed by atoms with Crippen LogP contribution in [-0.4, -0.2) is 46.3 Å². The molecule has 1 aromatic carbocycles. The first-order valence-corrected chi connectivity index (χ1v) is 8.52. The van der Waals surface area contributed by atoms with Gasteiger partial charge in [-0.2, -0.15) is 10.1 Å². The number of benzene rings is 1. The van der Waals surface area contributed by atoms with Crippen molar-refractivity contribution in [3.63, 3.8) is 0 Å². The van der Waals surface area contributed by atoms with Crippen LogP contribution in [0.5, 0.6) is 0 Å². The molecule has 7 nitrogen and oxygen atoms in total. The zero-order valence-corrected chi connectivity index (χ0v) is 14.4. The van der Waals surface area contributed by atoms with Crippen LogP contribution in [0.3, 0.4) is 0 Å². The van der Waals surface area contributed by atoms with Gasteiger partial charge < -0.3 is 15.1 Å². The standard InChI is InChI=1S/C18H17F2N7/c19-13-4-5-15(14(20)11-13)23-16-12-22-25-18(24-16)27-9-7-26(8-10-27)17-3-1-2-6-21-17/h1-6,11-12H,7-10H2,(H,23,24,25). The number of hydrogen-bond acceptors (Lipinski definition) is 7. The number of aromatic nitrogens is 4. The van der Waals surface area contributed by atoms with E-state index in [-0.39, 0.29) is 5.69 Å². The lowest BCUT2D eigenvalue weighted by Crippen LogP contribution is -2.47. The molecule has 9 heteroatoms. The highest BCUT2D eigenvalue weighted by molar-refractivity contribution is 5.57. The number of halogens is 2. The summed E-state index contributed by atoms with van der Waals surface area (Å²) in [5.41, 5.74) is 0.128. The topological polar surface area (TPSA) is 70.1 Å². The molecule has 0 atom stereocenters. The van der Waals surface area contributed by atoms with Gasteiger partial charge in [-0.25, -0.2) is 13.8 Å². The molecule has 4 rings (SSSR count). The van der Waals surface area contributed by atoms with Crippen molar-refractivity contribution in [2.75, 3.05) is 41.3 Å². The van der Waals surface area contributed by atoms with Crippen LogP contribution in [0.25, 0.3) is 0 Å². The molecule has 0 radical (unpaired) electrons. The van der Waals surface area contributed by atoms with E-state index in [0.717, 1.165) is 25.0 Å². The van der Waals surface area contributed by atoms with Gasteiger partial charge in [-0.3, -0.25) is 0 Å². The molecule has 27 heavy (non-hydrogen) atoms. The van der Waals surface area contributed by atoms with Crippen molar-refractivity contribution in [1.82, 2.24) is 20.2 Å². The molecule has 138 valence electrons. The van der Waals surface area contributed by atoms with Crippen LogP contribution in [0.1, 0.15) is 0 Å². The highest BCUT2D eigenvalue weighted by atomic mass is 19.1. The summed E-state index contributed by atoms with van der Waals surface area (Å²) in [7, 11) is 0. The number of piperazine rings is 1. The average Bonchev–Trinajstić information content (AvgIpc) is 2.71. The molecule has 1 fully saturated rings. The van der Waals surface area contributed by atoms with Gasteiger partial charge in [-0.1, -0.05) is 6.07 Å². The van der Waals surface area contributed by atoms with Gasteiger partial charge in [0.25, 0.3) is 0 Å². The lowest BCUT2D eigenvalue weighted by atomic mass is 10.3. The molecule has 0 unspecified atom stereocenters. The fraction of sp³-hybridized carbons (Fsp3) is 0.222. The molecular formula is C18H17F2N7. The minimum Gasteiger partial charge on any atom is -0.353 e. The summed E-state index contributed by atoms with van der Waals surface area (Å²) in [5, 5.41) is 10.8. The van der Waals surface area contributed by atoms with Crippen LogP contribution >= 0.6 is 0 Å². The highest BCUT2D eigenvalue weighted by Crippen LogP contribution is 2.21. The molecule has 0 saturated carbocycles. The van der Waals surface area contributed by atoms with Crippen molar-refractivity contribution in [3.8, 4) is 0 Å². The Labute approximate surface area is 154 Å². The molecule has 0 bridgehead atoms. The molecular weight excluding hydrogens is 352 g/mol. The summed E-state index contributed by atoms with van der Waals surface area (Å²) >= 11 is 0. The molecule has 2 aromatic heterocycles. The predicted octanol–water partition coefficient (Wildman–Crippen LogP) is 2.62. The smallest absolute Gasteiger partial charge is 0.247 e. The summed E-state index contributed by atoms with van der Waals surface area (Å²) in [4.78, 5) is 13.0. The van der Waals surface area contributed by atoms with E-state index < -0.39 is 11.6 Å². The third-order valence-electron chi connectivity index (χ3n) is 4.28. The van der Waals surface area contributed by atoms with Crippen LogP contribution in [0.15, 0.2) is 48.8 Å². The van der Waals surface area contributed by atoms with Crippen molar-refractivity contribution in [1.29, 1.82) is 0 Å². The van der Waals surface area contributed by atoms with Crippen LogP contribution in [0.4, 0.5) is 32.1 Å². The fourth-order valence-corrected chi connectivity index (χ4v) is 2.89. The summed E-state index contributed by atoms with van der Waals surface area (Å²) in [6, 6.07) is 9.15. The van der Waals surface area contributed by atoms with Gasteiger partial charge in [-0.05, 0) is 24.3 Å². The highest BCUT2D eigenvalue weighted by Gasteiger charge is 2.20. The Kier molecular flexibility index (Phi) is 4.73. The number of anilines is 4. The molecule has 1 N–H and O–H groups in total. The van der Waals surface area contributed by atoms with E-state index in [2.05, 4.69) is 30.4 Å². The van der Waals surface area contributed by atoms with E-state index >= 15 is 0 Å². The molecule has 0 amide bonds. The van der Waals surface area contributed by atoms with E-state index in [0.29, 0.717) is 24.9 Å². The summed E-state index contributed by atoms with van der Waals surface area (Å²) in [6.07, 6.45) is 3.18.